The average molecular weight is 373 g/mol. The normalized spacial score (nSPS) is 23.1. The number of carbonyl (C=O) groups is 3. The number of benzene rings is 1. The van der Waals surface area contributed by atoms with E-state index in [-0.39, 0.29) is 36.1 Å². The molecule has 2 aliphatic heterocycles. The highest BCUT2D eigenvalue weighted by Crippen LogP contribution is 2.22. The Morgan fingerprint density at radius 1 is 1.30 bits per heavy atom. The average Bonchev–Trinajstić information content (AvgIpc) is 2.65. The predicted octanol–water partition coefficient (Wildman–Crippen LogP) is 1.33. The van der Waals surface area contributed by atoms with Gasteiger partial charge in [0.25, 0.3) is 0 Å². The van der Waals surface area contributed by atoms with Gasteiger partial charge >= 0.3 is 6.09 Å². The fourth-order valence-electron chi connectivity index (χ4n) is 3.66. The van der Waals surface area contributed by atoms with Crippen molar-refractivity contribution in [3.8, 4) is 0 Å². The summed E-state index contributed by atoms with van der Waals surface area (Å²) >= 11 is 0. The number of fused-ring (bicyclic) bond motifs is 1. The van der Waals surface area contributed by atoms with Crippen LogP contribution in [0.1, 0.15) is 25.8 Å². The zero-order chi connectivity index (χ0) is 19.4. The summed E-state index contributed by atoms with van der Waals surface area (Å²) in [4.78, 5) is 38.7. The molecule has 3 rings (SSSR count). The first-order valence-corrected chi connectivity index (χ1v) is 9.49. The van der Waals surface area contributed by atoms with Gasteiger partial charge in [-0.3, -0.25) is 9.59 Å². The quantitative estimate of drug-likeness (QED) is 0.815. The molecule has 7 heteroatoms. The van der Waals surface area contributed by atoms with E-state index in [2.05, 4.69) is 10.6 Å². The molecular weight excluding hydrogens is 346 g/mol. The number of piperidine rings is 1. The number of nitrogens with one attached hydrogen (secondary N) is 2. The van der Waals surface area contributed by atoms with E-state index in [1.165, 1.54) is 0 Å². The van der Waals surface area contributed by atoms with Crippen molar-refractivity contribution >= 4 is 17.9 Å². The lowest BCUT2D eigenvalue weighted by atomic mass is 9.90. The second kappa shape index (κ2) is 8.41. The first kappa shape index (κ1) is 19.2. The predicted molar refractivity (Wildman–Crippen MR) is 99.9 cm³/mol. The lowest BCUT2D eigenvalue weighted by Gasteiger charge is -2.42. The van der Waals surface area contributed by atoms with Gasteiger partial charge in [-0.2, -0.15) is 0 Å². The molecular formula is C20H27N3O4. The van der Waals surface area contributed by atoms with E-state index in [1.807, 2.05) is 44.2 Å². The van der Waals surface area contributed by atoms with E-state index >= 15 is 0 Å². The van der Waals surface area contributed by atoms with Crippen LogP contribution >= 0.6 is 0 Å². The molecule has 0 unspecified atom stereocenters. The van der Waals surface area contributed by atoms with Crippen LogP contribution in [0.5, 0.6) is 0 Å². The van der Waals surface area contributed by atoms with Crippen LogP contribution in [-0.4, -0.2) is 54.6 Å². The molecule has 1 aromatic rings. The Balaban J connectivity index is 1.61. The van der Waals surface area contributed by atoms with Gasteiger partial charge in [0.1, 0.15) is 6.04 Å². The lowest BCUT2D eigenvalue weighted by molar-refractivity contribution is -0.139. The molecule has 0 aliphatic carbocycles. The molecule has 2 fully saturated rings. The van der Waals surface area contributed by atoms with Gasteiger partial charge in [0.15, 0.2) is 0 Å². The highest BCUT2D eigenvalue weighted by Gasteiger charge is 2.38. The molecule has 27 heavy (non-hydrogen) atoms. The summed E-state index contributed by atoms with van der Waals surface area (Å²) < 4.78 is 5.03. The van der Waals surface area contributed by atoms with Crippen molar-refractivity contribution in [2.75, 3.05) is 19.7 Å². The summed E-state index contributed by atoms with van der Waals surface area (Å²) in [7, 11) is 0. The highest BCUT2D eigenvalue weighted by atomic mass is 16.6. The van der Waals surface area contributed by atoms with Crippen molar-refractivity contribution in [2.45, 2.75) is 38.8 Å². The Labute approximate surface area is 159 Å². The molecule has 0 bridgehead atoms. The number of likely N-dealkylation sites (tertiary alicyclic amines) is 1. The molecule has 0 spiro atoms. The third-order valence-corrected chi connectivity index (χ3v) is 5.26. The molecule has 3 amide bonds. The molecule has 2 saturated heterocycles. The zero-order valence-electron chi connectivity index (χ0n) is 15.8. The SMILES string of the molecule is CC(C)[C@@H](NC(=O)Cc1ccccc1)C(=O)N1CC[C@@H]2COC(=O)N[C@H]2C1. The molecule has 0 aromatic heterocycles. The van der Waals surface area contributed by atoms with E-state index in [4.69, 9.17) is 4.74 Å². The maximum absolute atomic E-state index is 13.1. The van der Waals surface area contributed by atoms with Gasteiger partial charge < -0.3 is 20.3 Å². The number of hydrogen-bond acceptors (Lipinski definition) is 4. The highest BCUT2D eigenvalue weighted by molar-refractivity contribution is 5.88. The lowest BCUT2D eigenvalue weighted by Crippen LogP contribution is -2.61. The van der Waals surface area contributed by atoms with E-state index in [1.54, 1.807) is 4.90 Å². The Morgan fingerprint density at radius 2 is 2.04 bits per heavy atom. The first-order valence-electron chi connectivity index (χ1n) is 9.49. The van der Waals surface area contributed by atoms with Crippen LogP contribution in [0.25, 0.3) is 0 Å². The van der Waals surface area contributed by atoms with Crippen molar-refractivity contribution in [2.24, 2.45) is 11.8 Å². The number of amides is 3. The van der Waals surface area contributed by atoms with E-state index in [0.29, 0.717) is 19.7 Å². The number of hydrogen-bond donors (Lipinski definition) is 2. The van der Waals surface area contributed by atoms with Gasteiger partial charge in [-0.15, -0.1) is 0 Å². The first-order chi connectivity index (χ1) is 12.9. The number of nitrogens with zero attached hydrogens (tertiary/aromatic N) is 1. The number of carbonyl (C=O) groups excluding carboxylic acids is 3. The van der Waals surface area contributed by atoms with Gasteiger partial charge in [0, 0.05) is 19.0 Å². The van der Waals surface area contributed by atoms with Crippen molar-refractivity contribution in [3.05, 3.63) is 35.9 Å². The van der Waals surface area contributed by atoms with E-state index < -0.39 is 12.1 Å². The molecule has 0 saturated carbocycles. The molecule has 146 valence electrons. The van der Waals surface area contributed by atoms with Gasteiger partial charge in [-0.25, -0.2) is 4.79 Å². The molecule has 2 heterocycles. The van der Waals surface area contributed by atoms with Crippen LogP contribution in [0.2, 0.25) is 0 Å². The Morgan fingerprint density at radius 3 is 2.74 bits per heavy atom. The van der Waals surface area contributed by atoms with Crippen LogP contribution in [0.4, 0.5) is 4.79 Å². The largest absolute Gasteiger partial charge is 0.449 e. The van der Waals surface area contributed by atoms with Crippen LogP contribution in [0, 0.1) is 11.8 Å². The maximum Gasteiger partial charge on any atom is 0.407 e. The minimum atomic E-state index is -0.576. The molecule has 3 atom stereocenters. The molecule has 1 aromatic carbocycles. The topological polar surface area (TPSA) is 87.7 Å². The number of rotatable bonds is 5. The second-order valence-corrected chi connectivity index (χ2v) is 7.63. The molecule has 0 radical (unpaired) electrons. The fraction of sp³-hybridized carbons (Fsp3) is 0.550. The number of cyclic esters (lactones) is 1. The second-order valence-electron chi connectivity index (χ2n) is 7.63. The van der Waals surface area contributed by atoms with Crippen LogP contribution < -0.4 is 10.6 Å². The Hall–Kier alpha value is -2.57. The van der Waals surface area contributed by atoms with Crippen molar-refractivity contribution in [1.82, 2.24) is 15.5 Å². The number of alkyl carbamates (subject to hydrolysis) is 1. The van der Waals surface area contributed by atoms with E-state index in [0.717, 1.165) is 12.0 Å². The van der Waals surface area contributed by atoms with Crippen molar-refractivity contribution in [3.63, 3.8) is 0 Å². The molecule has 2 N–H and O–H groups in total. The van der Waals surface area contributed by atoms with Gasteiger partial charge in [0.2, 0.25) is 11.8 Å². The summed E-state index contributed by atoms with van der Waals surface area (Å²) in [5.74, 6) is -0.0516. The standard InChI is InChI=1S/C20H27N3O4/c1-13(2)18(22-17(24)10-14-6-4-3-5-7-14)19(25)23-9-8-15-12-27-20(26)21-16(15)11-23/h3-7,13,15-16,18H,8-12H2,1-2H3,(H,21,26)(H,22,24)/t15-,16+,18-/m1/s1. The minimum absolute atomic E-state index is 0.0285. The van der Waals surface area contributed by atoms with Crippen molar-refractivity contribution in [1.29, 1.82) is 0 Å². The fourth-order valence-corrected chi connectivity index (χ4v) is 3.66. The van der Waals surface area contributed by atoms with Crippen LogP contribution in [0.3, 0.4) is 0 Å². The summed E-state index contributed by atoms with van der Waals surface area (Å²) in [6.07, 6.45) is 0.594. The molecule has 7 nitrogen and oxygen atoms in total. The van der Waals surface area contributed by atoms with Crippen LogP contribution in [-0.2, 0) is 20.7 Å². The van der Waals surface area contributed by atoms with Gasteiger partial charge in [-0.1, -0.05) is 44.2 Å². The maximum atomic E-state index is 13.1. The third kappa shape index (κ3) is 4.78. The smallest absolute Gasteiger partial charge is 0.407 e. The van der Waals surface area contributed by atoms with Crippen molar-refractivity contribution < 1.29 is 19.1 Å². The summed E-state index contributed by atoms with van der Waals surface area (Å²) in [5.41, 5.74) is 0.913. The molecule has 2 aliphatic rings. The number of ether oxygens (including phenoxy) is 1. The van der Waals surface area contributed by atoms with Gasteiger partial charge in [-0.05, 0) is 17.9 Å². The minimum Gasteiger partial charge on any atom is -0.449 e. The van der Waals surface area contributed by atoms with Crippen LogP contribution in [0.15, 0.2) is 30.3 Å². The summed E-state index contributed by atoms with van der Waals surface area (Å²) in [6.45, 7) is 5.32. The Kier molecular flexibility index (Phi) is 5.98. The Bertz CT molecular complexity index is 692. The monoisotopic (exact) mass is 373 g/mol. The van der Waals surface area contributed by atoms with E-state index in [9.17, 15) is 14.4 Å². The van der Waals surface area contributed by atoms with Gasteiger partial charge in [0.05, 0.1) is 19.1 Å². The summed E-state index contributed by atoms with van der Waals surface area (Å²) in [5, 5.41) is 5.70. The third-order valence-electron chi connectivity index (χ3n) is 5.26. The zero-order valence-corrected chi connectivity index (χ0v) is 15.8. The summed E-state index contributed by atoms with van der Waals surface area (Å²) in [6, 6.07) is 8.81.